The zero-order valence-corrected chi connectivity index (χ0v) is 18.6. The van der Waals surface area contributed by atoms with Gasteiger partial charge in [-0.05, 0) is 66.9 Å². The second kappa shape index (κ2) is 9.71. The van der Waals surface area contributed by atoms with Crippen molar-refractivity contribution in [2.75, 3.05) is 7.11 Å². The third kappa shape index (κ3) is 5.36. The lowest BCUT2D eigenvalue weighted by molar-refractivity contribution is -0.122. The van der Waals surface area contributed by atoms with E-state index >= 15 is 0 Å². The highest BCUT2D eigenvalue weighted by Crippen LogP contribution is 2.21. The van der Waals surface area contributed by atoms with Crippen molar-refractivity contribution in [2.45, 2.75) is 39.8 Å². The summed E-state index contributed by atoms with van der Waals surface area (Å²) < 4.78 is 7.30. The summed E-state index contributed by atoms with van der Waals surface area (Å²) in [6.45, 7) is 6.48. The van der Waals surface area contributed by atoms with Crippen LogP contribution in [0.5, 0.6) is 5.75 Å². The molecule has 0 aliphatic heterocycles. The predicted octanol–water partition coefficient (Wildman–Crippen LogP) is 4.69. The second-order valence-corrected chi connectivity index (χ2v) is 8.18. The summed E-state index contributed by atoms with van der Waals surface area (Å²) >= 11 is 5.34. The summed E-state index contributed by atoms with van der Waals surface area (Å²) in [4.78, 5) is 12.7. The van der Waals surface area contributed by atoms with Crippen LogP contribution < -0.4 is 10.1 Å². The fourth-order valence-electron chi connectivity index (χ4n) is 3.35. The minimum absolute atomic E-state index is 0.0898. The molecule has 0 unspecified atom stereocenters. The monoisotopic (exact) mass is 424 g/mol. The van der Waals surface area contributed by atoms with E-state index in [1.807, 2.05) is 31.2 Å². The first-order chi connectivity index (χ1) is 14.4. The largest absolute Gasteiger partial charge is 0.497 e. The maximum atomic E-state index is 12.7. The van der Waals surface area contributed by atoms with Gasteiger partial charge in [-0.1, -0.05) is 38.1 Å². The Morgan fingerprint density at radius 2 is 1.80 bits per heavy atom. The molecule has 2 aromatic carbocycles. The Morgan fingerprint density at radius 1 is 1.13 bits per heavy atom. The van der Waals surface area contributed by atoms with E-state index in [0.717, 1.165) is 23.3 Å². The van der Waals surface area contributed by atoms with Gasteiger partial charge in [-0.25, -0.2) is 0 Å². The van der Waals surface area contributed by atoms with Gasteiger partial charge in [0.15, 0.2) is 10.6 Å². The fraction of sp³-hybridized carbons (Fsp3) is 0.348. The Labute approximate surface area is 182 Å². The van der Waals surface area contributed by atoms with E-state index in [4.69, 9.17) is 17.0 Å². The van der Waals surface area contributed by atoms with Gasteiger partial charge < -0.3 is 10.1 Å². The first-order valence-electron chi connectivity index (χ1n) is 10.0. The van der Waals surface area contributed by atoms with Crippen LogP contribution in [0.3, 0.4) is 0 Å². The molecule has 0 spiro atoms. The molecule has 1 atom stereocenters. The van der Waals surface area contributed by atoms with Crippen molar-refractivity contribution < 1.29 is 9.53 Å². The van der Waals surface area contributed by atoms with E-state index in [1.165, 1.54) is 5.56 Å². The molecule has 0 aliphatic carbocycles. The summed E-state index contributed by atoms with van der Waals surface area (Å²) in [6, 6.07) is 15.8. The smallest absolute Gasteiger partial charge is 0.240 e. The van der Waals surface area contributed by atoms with Gasteiger partial charge in [-0.15, -0.1) is 0 Å². The molecule has 0 saturated carbocycles. The van der Waals surface area contributed by atoms with Crippen molar-refractivity contribution >= 4 is 18.1 Å². The normalized spacial score (nSPS) is 12.0. The molecule has 2 N–H and O–H groups in total. The summed E-state index contributed by atoms with van der Waals surface area (Å²) in [5.41, 5.74) is 3.23. The lowest BCUT2D eigenvalue weighted by Crippen LogP contribution is -2.30. The van der Waals surface area contributed by atoms with Crippen LogP contribution in [0, 0.1) is 10.7 Å². The zero-order valence-electron chi connectivity index (χ0n) is 17.8. The number of hydrogen-bond donors (Lipinski definition) is 2. The number of benzene rings is 2. The average molecular weight is 425 g/mol. The van der Waals surface area contributed by atoms with Gasteiger partial charge >= 0.3 is 0 Å². The molecule has 1 heterocycles. The number of amides is 1. The molecule has 158 valence electrons. The summed E-state index contributed by atoms with van der Waals surface area (Å²) in [7, 11) is 1.62. The van der Waals surface area contributed by atoms with Crippen molar-refractivity contribution in [2.24, 2.45) is 5.92 Å². The van der Waals surface area contributed by atoms with Crippen LogP contribution in [0.4, 0.5) is 0 Å². The molecular weight excluding hydrogens is 396 g/mol. The number of nitrogens with one attached hydrogen (secondary N) is 2. The Morgan fingerprint density at radius 3 is 2.40 bits per heavy atom. The summed E-state index contributed by atoms with van der Waals surface area (Å²) in [6.07, 6.45) is 1.05. The Kier molecular flexibility index (Phi) is 7.05. The van der Waals surface area contributed by atoms with Crippen molar-refractivity contribution in [3.8, 4) is 17.1 Å². The van der Waals surface area contributed by atoms with Crippen LogP contribution >= 0.6 is 12.2 Å². The van der Waals surface area contributed by atoms with Crippen molar-refractivity contribution in [1.82, 2.24) is 20.1 Å². The SMILES string of the molecule is COc1ccc(-c2n[nH]c(=S)n2CC(=O)N[C@@H](C)c2ccc(CC(C)C)cc2)cc1. The third-order valence-electron chi connectivity index (χ3n) is 4.91. The maximum absolute atomic E-state index is 12.7. The molecular formula is C23H28N4O2S. The number of nitrogens with zero attached hydrogens (tertiary/aromatic N) is 2. The van der Waals surface area contributed by atoms with Gasteiger partial charge in [0.2, 0.25) is 5.91 Å². The van der Waals surface area contributed by atoms with Gasteiger partial charge in [0.1, 0.15) is 12.3 Å². The number of methoxy groups -OCH3 is 1. The highest BCUT2D eigenvalue weighted by Gasteiger charge is 2.15. The predicted molar refractivity (Wildman–Crippen MR) is 121 cm³/mol. The van der Waals surface area contributed by atoms with Gasteiger partial charge in [-0.3, -0.25) is 14.5 Å². The molecule has 0 aliphatic rings. The van der Waals surface area contributed by atoms with E-state index in [9.17, 15) is 4.79 Å². The van der Waals surface area contributed by atoms with Gasteiger partial charge in [0.05, 0.1) is 13.2 Å². The quantitative estimate of drug-likeness (QED) is 0.515. The molecule has 3 rings (SSSR count). The first-order valence-corrected chi connectivity index (χ1v) is 10.5. The van der Waals surface area contributed by atoms with Gasteiger partial charge in [-0.2, -0.15) is 5.10 Å². The van der Waals surface area contributed by atoms with Crippen LogP contribution in [0.2, 0.25) is 0 Å². The average Bonchev–Trinajstić information content (AvgIpc) is 3.08. The second-order valence-electron chi connectivity index (χ2n) is 7.80. The number of hydrogen-bond acceptors (Lipinski definition) is 4. The van der Waals surface area contributed by atoms with Crippen LogP contribution in [-0.4, -0.2) is 27.8 Å². The summed E-state index contributed by atoms with van der Waals surface area (Å²) in [5.74, 6) is 1.86. The van der Waals surface area contributed by atoms with Crippen molar-refractivity contribution in [1.29, 1.82) is 0 Å². The molecule has 1 aromatic heterocycles. The highest BCUT2D eigenvalue weighted by atomic mass is 32.1. The first kappa shape index (κ1) is 21.8. The molecule has 30 heavy (non-hydrogen) atoms. The standard InChI is InChI=1S/C23H28N4O2S/c1-15(2)13-17-5-7-18(8-6-17)16(3)24-21(28)14-27-22(25-26-23(27)30)19-9-11-20(29-4)12-10-19/h5-12,15-16H,13-14H2,1-4H3,(H,24,28)(H,26,30)/t16-/m0/s1. The molecule has 0 saturated heterocycles. The molecule has 1 amide bonds. The minimum atomic E-state index is -0.124. The molecule has 7 heteroatoms. The van der Waals surface area contributed by atoms with Crippen LogP contribution in [0.1, 0.15) is 37.9 Å². The van der Waals surface area contributed by atoms with E-state index in [-0.39, 0.29) is 18.5 Å². The molecule has 0 bridgehead atoms. The van der Waals surface area contributed by atoms with Crippen molar-refractivity contribution in [3.63, 3.8) is 0 Å². The lowest BCUT2D eigenvalue weighted by Gasteiger charge is -2.16. The molecule has 0 radical (unpaired) electrons. The van der Waals surface area contributed by atoms with Crippen LogP contribution in [-0.2, 0) is 17.8 Å². The molecule has 0 fully saturated rings. The van der Waals surface area contributed by atoms with E-state index in [0.29, 0.717) is 16.5 Å². The van der Waals surface area contributed by atoms with Crippen molar-refractivity contribution in [3.05, 3.63) is 64.4 Å². The number of ether oxygens (including phenoxy) is 1. The van der Waals surface area contributed by atoms with Crippen LogP contribution in [0.15, 0.2) is 48.5 Å². The van der Waals surface area contributed by atoms with E-state index in [1.54, 1.807) is 11.7 Å². The Hall–Kier alpha value is -2.93. The number of carbonyl (C=O) groups is 1. The van der Waals surface area contributed by atoms with E-state index in [2.05, 4.69) is 53.6 Å². The topological polar surface area (TPSA) is 71.9 Å². The Bertz CT molecular complexity index is 1040. The summed E-state index contributed by atoms with van der Waals surface area (Å²) in [5, 5.41) is 10.1. The lowest BCUT2D eigenvalue weighted by atomic mass is 10.00. The Balaban J connectivity index is 1.69. The third-order valence-corrected chi connectivity index (χ3v) is 5.22. The number of carbonyl (C=O) groups excluding carboxylic acids is 1. The maximum Gasteiger partial charge on any atom is 0.240 e. The number of H-pyrrole nitrogens is 1. The van der Waals surface area contributed by atoms with E-state index < -0.39 is 0 Å². The van der Waals surface area contributed by atoms with Gasteiger partial charge in [0, 0.05) is 5.56 Å². The highest BCUT2D eigenvalue weighted by molar-refractivity contribution is 7.71. The number of rotatable bonds is 8. The number of aromatic amines is 1. The zero-order chi connectivity index (χ0) is 21.7. The van der Waals surface area contributed by atoms with Crippen LogP contribution in [0.25, 0.3) is 11.4 Å². The van der Waals surface area contributed by atoms with Gasteiger partial charge in [0.25, 0.3) is 0 Å². The molecule has 6 nitrogen and oxygen atoms in total. The fourth-order valence-corrected chi connectivity index (χ4v) is 3.55. The number of aromatic nitrogens is 3. The molecule has 3 aromatic rings. The minimum Gasteiger partial charge on any atom is -0.497 e.